The summed E-state index contributed by atoms with van der Waals surface area (Å²) in [6.07, 6.45) is 0. The van der Waals surface area contributed by atoms with Crippen LogP contribution in [-0.2, 0) is 11.3 Å². The molecule has 0 N–H and O–H groups in total. The molecule has 1 saturated heterocycles. The number of carbonyl (C=O) groups excluding carboxylic acids is 1. The van der Waals surface area contributed by atoms with Crippen LogP contribution < -0.4 is 9.47 Å². The number of fused-ring (bicyclic) bond motifs is 1. The Labute approximate surface area is 144 Å². The van der Waals surface area contributed by atoms with Crippen molar-refractivity contribution in [3.8, 4) is 11.5 Å². The molecule has 24 heavy (non-hydrogen) atoms. The van der Waals surface area contributed by atoms with Crippen LogP contribution in [0.15, 0.2) is 12.1 Å². The van der Waals surface area contributed by atoms with E-state index in [1.165, 1.54) is 11.1 Å². The second kappa shape index (κ2) is 7.01. The average Bonchev–Trinajstić information content (AvgIpc) is 2.54. The number of hydrogen-bond donors (Lipinski definition) is 0. The summed E-state index contributed by atoms with van der Waals surface area (Å²) in [5, 5.41) is 0. The van der Waals surface area contributed by atoms with E-state index in [-0.39, 0.29) is 11.9 Å². The summed E-state index contributed by atoms with van der Waals surface area (Å²) < 4.78 is 11.3. The number of rotatable bonds is 4. The molecule has 0 saturated carbocycles. The van der Waals surface area contributed by atoms with Gasteiger partial charge in [-0.05, 0) is 43.0 Å². The molecule has 2 aliphatic heterocycles. The summed E-state index contributed by atoms with van der Waals surface area (Å²) in [5.74, 6) is 2.39. The van der Waals surface area contributed by atoms with Crippen molar-refractivity contribution in [3.63, 3.8) is 0 Å². The number of hydrogen-bond acceptors (Lipinski definition) is 4. The second-order valence-corrected chi connectivity index (χ2v) is 7.25. The number of aryl methyl sites for hydroxylation is 1. The molecular formula is C19H28N2O3. The number of benzene rings is 1. The van der Waals surface area contributed by atoms with Gasteiger partial charge >= 0.3 is 0 Å². The standard InChI is InChI=1S/C19H28N2O3/c1-13(2)11-21-6-5-20(15(4)19(21)22)12-16-10-18-17(9-14(16)3)23-7-8-24-18/h9-10,13,15H,5-8,11-12H2,1-4H3. The summed E-state index contributed by atoms with van der Waals surface area (Å²) in [4.78, 5) is 16.9. The SMILES string of the molecule is Cc1cc2c(cc1CN1CCN(CC(C)C)C(=O)C1C)OCCO2. The molecule has 1 amide bonds. The fourth-order valence-electron chi connectivity index (χ4n) is 3.43. The summed E-state index contributed by atoms with van der Waals surface area (Å²) in [5.41, 5.74) is 2.39. The van der Waals surface area contributed by atoms with Crippen LogP contribution in [0.2, 0.25) is 0 Å². The van der Waals surface area contributed by atoms with Gasteiger partial charge in [0.25, 0.3) is 0 Å². The number of carbonyl (C=O) groups is 1. The van der Waals surface area contributed by atoms with E-state index in [1.807, 2.05) is 17.9 Å². The lowest BCUT2D eigenvalue weighted by Crippen LogP contribution is -2.56. The second-order valence-electron chi connectivity index (χ2n) is 7.25. The van der Waals surface area contributed by atoms with E-state index >= 15 is 0 Å². The van der Waals surface area contributed by atoms with E-state index in [2.05, 4.69) is 31.7 Å². The maximum absolute atomic E-state index is 12.6. The largest absolute Gasteiger partial charge is 0.486 e. The van der Waals surface area contributed by atoms with Crippen molar-refractivity contribution in [2.75, 3.05) is 32.8 Å². The van der Waals surface area contributed by atoms with Crippen molar-refractivity contribution in [1.82, 2.24) is 9.80 Å². The van der Waals surface area contributed by atoms with Crippen LogP contribution in [0, 0.1) is 12.8 Å². The third kappa shape index (κ3) is 3.51. The highest BCUT2D eigenvalue weighted by Gasteiger charge is 2.31. The van der Waals surface area contributed by atoms with E-state index in [9.17, 15) is 4.79 Å². The molecule has 0 bridgehead atoms. The lowest BCUT2D eigenvalue weighted by atomic mass is 10.0. The Bertz CT molecular complexity index is 615. The van der Waals surface area contributed by atoms with Crippen molar-refractivity contribution >= 4 is 5.91 Å². The predicted octanol–water partition coefficient (Wildman–Crippen LogP) is 2.45. The molecule has 1 aromatic rings. The van der Waals surface area contributed by atoms with Gasteiger partial charge in [-0.2, -0.15) is 0 Å². The van der Waals surface area contributed by atoms with Gasteiger partial charge in [0.05, 0.1) is 6.04 Å². The number of amides is 1. The third-order valence-electron chi connectivity index (χ3n) is 4.83. The molecule has 132 valence electrons. The number of nitrogens with zero attached hydrogens (tertiary/aromatic N) is 2. The first-order chi connectivity index (χ1) is 11.5. The Morgan fingerprint density at radius 3 is 2.50 bits per heavy atom. The number of ether oxygens (including phenoxy) is 2. The minimum Gasteiger partial charge on any atom is -0.486 e. The van der Waals surface area contributed by atoms with Gasteiger partial charge in [0.15, 0.2) is 11.5 Å². The van der Waals surface area contributed by atoms with Crippen LogP contribution in [0.25, 0.3) is 0 Å². The van der Waals surface area contributed by atoms with E-state index in [4.69, 9.17) is 9.47 Å². The smallest absolute Gasteiger partial charge is 0.239 e. The van der Waals surface area contributed by atoms with Gasteiger partial charge in [0.1, 0.15) is 13.2 Å². The molecule has 3 rings (SSSR count). The van der Waals surface area contributed by atoms with Crippen molar-refractivity contribution in [2.45, 2.75) is 40.3 Å². The number of piperazine rings is 1. The Balaban J connectivity index is 1.71. The Morgan fingerprint density at radius 1 is 1.17 bits per heavy atom. The summed E-state index contributed by atoms with van der Waals surface area (Å²) >= 11 is 0. The lowest BCUT2D eigenvalue weighted by molar-refractivity contribution is -0.141. The van der Waals surface area contributed by atoms with E-state index < -0.39 is 0 Å². The normalized spacial score (nSPS) is 21.5. The molecule has 2 aliphatic rings. The highest BCUT2D eigenvalue weighted by molar-refractivity contribution is 5.82. The minimum atomic E-state index is -0.0786. The molecule has 2 heterocycles. The van der Waals surface area contributed by atoms with Gasteiger partial charge in [0, 0.05) is 26.2 Å². The maximum atomic E-state index is 12.6. The van der Waals surface area contributed by atoms with Crippen molar-refractivity contribution < 1.29 is 14.3 Å². The summed E-state index contributed by atoms with van der Waals surface area (Å²) in [6, 6.07) is 4.04. The van der Waals surface area contributed by atoms with Gasteiger partial charge in [-0.25, -0.2) is 0 Å². The molecule has 0 aromatic heterocycles. The zero-order chi connectivity index (χ0) is 17.3. The summed E-state index contributed by atoms with van der Waals surface area (Å²) in [6.45, 7) is 13.0. The topological polar surface area (TPSA) is 42.0 Å². The van der Waals surface area contributed by atoms with Crippen LogP contribution in [0.4, 0.5) is 0 Å². The highest BCUT2D eigenvalue weighted by atomic mass is 16.6. The fraction of sp³-hybridized carbons (Fsp3) is 0.632. The van der Waals surface area contributed by atoms with Gasteiger partial charge < -0.3 is 14.4 Å². The molecule has 5 heteroatoms. The predicted molar refractivity (Wildman–Crippen MR) is 93.5 cm³/mol. The van der Waals surface area contributed by atoms with E-state index in [0.29, 0.717) is 19.1 Å². The summed E-state index contributed by atoms with van der Waals surface area (Å²) in [7, 11) is 0. The molecule has 0 aliphatic carbocycles. The van der Waals surface area contributed by atoms with Crippen LogP contribution in [0.5, 0.6) is 11.5 Å². The van der Waals surface area contributed by atoms with Gasteiger partial charge in [-0.3, -0.25) is 9.69 Å². The first-order valence-corrected chi connectivity index (χ1v) is 8.87. The van der Waals surface area contributed by atoms with E-state index in [1.54, 1.807) is 0 Å². The van der Waals surface area contributed by atoms with Crippen LogP contribution in [0.3, 0.4) is 0 Å². The van der Waals surface area contributed by atoms with E-state index in [0.717, 1.165) is 37.7 Å². The lowest BCUT2D eigenvalue weighted by Gasteiger charge is -2.40. The highest BCUT2D eigenvalue weighted by Crippen LogP contribution is 2.33. The molecule has 1 fully saturated rings. The molecule has 5 nitrogen and oxygen atoms in total. The molecule has 0 radical (unpaired) electrons. The van der Waals surface area contributed by atoms with Crippen LogP contribution in [0.1, 0.15) is 31.9 Å². The Morgan fingerprint density at radius 2 is 1.83 bits per heavy atom. The van der Waals surface area contributed by atoms with Crippen molar-refractivity contribution in [2.24, 2.45) is 5.92 Å². The average molecular weight is 332 g/mol. The molecular weight excluding hydrogens is 304 g/mol. The quantitative estimate of drug-likeness (QED) is 0.849. The van der Waals surface area contributed by atoms with Crippen LogP contribution in [-0.4, -0.2) is 54.6 Å². The Hall–Kier alpha value is -1.75. The van der Waals surface area contributed by atoms with Gasteiger partial charge in [-0.1, -0.05) is 13.8 Å². The monoisotopic (exact) mass is 332 g/mol. The molecule has 1 aromatic carbocycles. The molecule has 1 atom stereocenters. The van der Waals surface area contributed by atoms with Crippen LogP contribution >= 0.6 is 0 Å². The maximum Gasteiger partial charge on any atom is 0.239 e. The van der Waals surface area contributed by atoms with Gasteiger partial charge in [-0.15, -0.1) is 0 Å². The molecule has 1 unspecified atom stereocenters. The first kappa shape index (κ1) is 17.1. The van der Waals surface area contributed by atoms with Crippen molar-refractivity contribution in [3.05, 3.63) is 23.3 Å². The molecule has 0 spiro atoms. The Kier molecular flexibility index (Phi) is 4.99. The van der Waals surface area contributed by atoms with Gasteiger partial charge in [0.2, 0.25) is 5.91 Å². The zero-order valence-corrected chi connectivity index (χ0v) is 15.2. The minimum absolute atomic E-state index is 0.0786. The van der Waals surface area contributed by atoms with Crippen molar-refractivity contribution in [1.29, 1.82) is 0 Å². The first-order valence-electron chi connectivity index (χ1n) is 8.87. The third-order valence-corrected chi connectivity index (χ3v) is 4.83. The fourth-order valence-corrected chi connectivity index (χ4v) is 3.43. The zero-order valence-electron chi connectivity index (χ0n) is 15.2.